The van der Waals surface area contributed by atoms with Gasteiger partial charge in [-0.2, -0.15) is 10.1 Å². The summed E-state index contributed by atoms with van der Waals surface area (Å²) in [6.07, 6.45) is 6.19. The Morgan fingerprint density at radius 1 is 1.24 bits per heavy atom. The highest BCUT2D eigenvalue weighted by Gasteiger charge is 2.32. The molecule has 0 bridgehead atoms. The summed E-state index contributed by atoms with van der Waals surface area (Å²) in [5, 5.41) is 9.12. The van der Waals surface area contributed by atoms with Crippen molar-refractivity contribution in [3.05, 3.63) is 40.6 Å². The average molecular weight is 392 g/mol. The van der Waals surface area contributed by atoms with Crippen LogP contribution in [0.15, 0.2) is 22.7 Å². The Bertz CT molecular complexity index is 1060. The van der Waals surface area contributed by atoms with Gasteiger partial charge in [0.1, 0.15) is 0 Å². The van der Waals surface area contributed by atoms with Crippen LogP contribution >= 0.6 is 0 Å². The van der Waals surface area contributed by atoms with Gasteiger partial charge >= 0.3 is 0 Å². The van der Waals surface area contributed by atoms with Crippen molar-refractivity contribution in [2.24, 2.45) is 11.1 Å². The summed E-state index contributed by atoms with van der Waals surface area (Å²) in [7, 11) is 0. The second kappa shape index (κ2) is 6.80. The molecule has 0 saturated heterocycles. The summed E-state index contributed by atoms with van der Waals surface area (Å²) in [6, 6.07) is 6.71. The van der Waals surface area contributed by atoms with Gasteiger partial charge in [-0.05, 0) is 68.1 Å². The molecule has 2 heterocycles. The Labute approximate surface area is 171 Å². The van der Waals surface area contributed by atoms with Crippen molar-refractivity contribution >= 4 is 0 Å². The van der Waals surface area contributed by atoms with Crippen LogP contribution in [0.2, 0.25) is 0 Å². The van der Waals surface area contributed by atoms with Gasteiger partial charge < -0.3 is 10.3 Å². The maximum Gasteiger partial charge on any atom is 0.279 e. The van der Waals surface area contributed by atoms with Gasteiger partial charge in [-0.25, -0.2) is 0 Å². The van der Waals surface area contributed by atoms with E-state index >= 15 is 0 Å². The van der Waals surface area contributed by atoms with Crippen LogP contribution in [0.4, 0.5) is 0 Å². The van der Waals surface area contributed by atoms with E-state index in [-0.39, 0.29) is 6.04 Å². The second-order valence-electron chi connectivity index (χ2n) is 9.34. The quantitative estimate of drug-likeness (QED) is 0.731. The normalized spacial score (nSPS) is 20.3. The third kappa shape index (κ3) is 3.29. The lowest BCUT2D eigenvalue weighted by atomic mass is 9.76. The SMILES string of the molecule is CCn1nc(-c2nc(-c3ccc4c(c3)CCC(N)C4)no2)c2c1CC(C)(C)CC2. The fraction of sp³-hybridized carbons (Fsp3) is 0.522. The van der Waals surface area contributed by atoms with Gasteiger partial charge in [-0.1, -0.05) is 31.1 Å². The standard InChI is InChI=1S/C23H29N5O/c1-4-28-19-13-23(2,3)10-9-18(19)20(26-28)22-25-21(27-29-22)16-6-5-15-12-17(24)8-7-14(15)11-16/h5-6,11,17H,4,7-10,12-13,24H2,1-3H3. The van der Waals surface area contributed by atoms with Gasteiger partial charge in [0.15, 0.2) is 5.69 Å². The van der Waals surface area contributed by atoms with Crippen LogP contribution in [0.3, 0.4) is 0 Å². The molecule has 1 aromatic carbocycles. The van der Waals surface area contributed by atoms with Crippen LogP contribution in [0.25, 0.3) is 23.0 Å². The van der Waals surface area contributed by atoms with E-state index in [2.05, 4.69) is 48.8 Å². The molecule has 2 N–H and O–H groups in total. The maximum atomic E-state index is 6.10. The van der Waals surface area contributed by atoms with Crippen molar-refractivity contribution in [1.82, 2.24) is 19.9 Å². The zero-order valence-corrected chi connectivity index (χ0v) is 17.5. The molecule has 2 aliphatic rings. The highest BCUT2D eigenvalue weighted by atomic mass is 16.5. The highest BCUT2D eigenvalue weighted by Crippen LogP contribution is 2.39. The first-order valence-electron chi connectivity index (χ1n) is 10.7. The van der Waals surface area contributed by atoms with E-state index in [1.165, 1.54) is 22.4 Å². The number of aromatic nitrogens is 4. The summed E-state index contributed by atoms with van der Waals surface area (Å²) in [5.41, 5.74) is 13.6. The van der Waals surface area contributed by atoms with Gasteiger partial charge in [0.05, 0.1) is 0 Å². The van der Waals surface area contributed by atoms with E-state index < -0.39 is 0 Å². The largest absolute Gasteiger partial charge is 0.332 e. The number of nitrogens with zero attached hydrogens (tertiary/aromatic N) is 4. The van der Waals surface area contributed by atoms with Crippen molar-refractivity contribution in [2.75, 3.05) is 0 Å². The number of fused-ring (bicyclic) bond motifs is 2. The van der Waals surface area contributed by atoms with Crippen LogP contribution in [-0.4, -0.2) is 26.0 Å². The van der Waals surface area contributed by atoms with Gasteiger partial charge in [-0.15, -0.1) is 0 Å². The zero-order valence-electron chi connectivity index (χ0n) is 17.5. The lowest BCUT2D eigenvalue weighted by Gasteiger charge is -2.30. The molecule has 0 aliphatic heterocycles. The van der Waals surface area contributed by atoms with Gasteiger partial charge in [0.25, 0.3) is 5.89 Å². The molecule has 29 heavy (non-hydrogen) atoms. The van der Waals surface area contributed by atoms with Crippen molar-refractivity contribution in [1.29, 1.82) is 0 Å². The molecular weight excluding hydrogens is 362 g/mol. The average Bonchev–Trinajstić information content (AvgIpc) is 3.31. The molecule has 152 valence electrons. The first kappa shape index (κ1) is 18.6. The van der Waals surface area contributed by atoms with E-state index in [4.69, 9.17) is 20.3 Å². The van der Waals surface area contributed by atoms with Crippen LogP contribution in [0.5, 0.6) is 0 Å². The number of rotatable bonds is 3. The number of hydrogen-bond acceptors (Lipinski definition) is 5. The van der Waals surface area contributed by atoms with Crippen LogP contribution in [0.1, 0.15) is 56.0 Å². The van der Waals surface area contributed by atoms with E-state index in [0.717, 1.165) is 56.3 Å². The molecule has 0 saturated carbocycles. The predicted molar refractivity (Wildman–Crippen MR) is 112 cm³/mol. The Kier molecular flexibility index (Phi) is 4.35. The molecule has 0 fully saturated rings. The molecule has 1 atom stereocenters. The third-order valence-electron chi connectivity index (χ3n) is 6.52. The number of hydrogen-bond donors (Lipinski definition) is 1. The molecule has 0 spiro atoms. The predicted octanol–water partition coefficient (Wildman–Crippen LogP) is 3.95. The minimum Gasteiger partial charge on any atom is -0.332 e. The smallest absolute Gasteiger partial charge is 0.279 e. The summed E-state index contributed by atoms with van der Waals surface area (Å²) in [5.74, 6) is 1.16. The summed E-state index contributed by atoms with van der Waals surface area (Å²) >= 11 is 0. The number of nitrogens with two attached hydrogens (primary N) is 1. The highest BCUT2D eigenvalue weighted by molar-refractivity contribution is 5.62. The monoisotopic (exact) mass is 391 g/mol. The lowest BCUT2D eigenvalue weighted by molar-refractivity contribution is 0.304. The molecule has 0 amide bonds. The number of benzene rings is 1. The molecule has 6 nitrogen and oxygen atoms in total. The Hall–Kier alpha value is -2.47. The molecule has 2 aliphatic carbocycles. The van der Waals surface area contributed by atoms with E-state index in [9.17, 15) is 0 Å². The van der Waals surface area contributed by atoms with Crippen LogP contribution < -0.4 is 5.73 Å². The second-order valence-corrected chi connectivity index (χ2v) is 9.34. The molecule has 2 aromatic heterocycles. The van der Waals surface area contributed by atoms with Gasteiger partial charge in [0, 0.05) is 29.4 Å². The minimum atomic E-state index is 0.273. The molecular formula is C23H29N5O. The number of aryl methyl sites for hydroxylation is 2. The summed E-state index contributed by atoms with van der Waals surface area (Å²) in [6.45, 7) is 7.65. The lowest BCUT2D eigenvalue weighted by Crippen LogP contribution is -2.27. The van der Waals surface area contributed by atoms with Crippen molar-refractivity contribution < 1.29 is 4.52 Å². The summed E-state index contributed by atoms with van der Waals surface area (Å²) < 4.78 is 7.79. The van der Waals surface area contributed by atoms with Gasteiger partial charge in [0.2, 0.25) is 5.82 Å². The molecule has 0 radical (unpaired) electrons. The summed E-state index contributed by atoms with van der Waals surface area (Å²) in [4.78, 5) is 4.73. The van der Waals surface area contributed by atoms with Crippen molar-refractivity contribution in [3.8, 4) is 23.0 Å². The Morgan fingerprint density at radius 3 is 2.93 bits per heavy atom. The third-order valence-corrected chi connectivity index (χ3v) is 6.52. The minimum absolute atomic E-state index is 0.273. The molecule has 5 rings (SSSR count). The van der Waals surface area contributed by atoms with Crippen LogP contribution in [-0.2, 0) is 32.2 Å². The Morgan fingerprint density at radius 2 is 2.10 bits per heavy atom. The fourth-order valence-corrected chi connectivity index (χ4v) is 4.79. The van der Waals surface area contributed by atoms with Crippen molar-refractivity contribution in [2.45, 2.75) is 71.9 Å². The van der Waals surface area contributed by atoms with Gasteiger partial charge in [-0.3, -0.25) is 4.68 Å². The van der Waals surface area contributed by atoms with E-state index in [0.29, 0.717) is 17.1 Å². The van der Waals surface area contributed by atoms with Crippen LogP contribution in [0, 0.1) is 5.41 Å². The van der Waals surface area contributed by atoms with E-state index in [1.54, 1.807) is 0 Å². The Balaban J connectivity index is 1.49. The molecule has 6 heteroatoms. The van der Waals surface area contributed by atoms with E-state index in [1.807, 2.05) is 0 Å². The zero-order chi connectivity index (χ0) is 20.2. The first-order valence-corrected chi connectivity index (χ1v) is 10.7. The molecule has 3 aromatic rings. The molecule has 1 unspecified atom stereocenters. The van der Waals surface area contributed by atoms with Crippen molar-refractivity contribution in [3.63, 3.8) is 0 Å². The fourth-order valence-electron chi connectivity index (χ4n) is 4.79. The topological polar surface area (TPSA) is 82.8 Å². The first-order chi connectivity index (χ1) is 13.9. The maximum absolute atomic E-state index is 6.10.